The van der Waals surface area contributed by atoms with E-state index in [4.69, 9.17) is 11.6 Å². The van der Waals surface area contributed by atoms with E-state index in [1.54, 1.807) is 0 Å². The van der Waals surface area contributed by atoms with Crippen LogP contribution >= 0.6 is 11.6 Å². The van der Waals surface area contributed by atoms with Crippen molar-refractivity contribution < 1.29 is 14.6 Å². The molecule has 7 atom stereocenters. The fraction of sp³-hybridized carbons (Fsp3) is 0.789. The van der Waals surface area contributed by atoms with Crippen molar-refractivity contribution in [1.82, 2.24) is 0 Å². The summed E-state index contributed by atoms with van der Waals surface area (Å²) >= 11 is 7.27. The van der Waals surface area contributed by atoms with Crippen LogP contribution in [0.5, 0.6) is 0 Å². The van der Waals surface area contributed by atoms with Gasteiger partial charge in [0.25, 0.3) is 0 Å². The van der Waals surface area contributed by atoms with Crippen LogP contribution < -0.4 is 0 Å². The van der Waals surface area contributed by atoms with Gasteiger partial charge in [-0.25, -0.2) is 4.39 Å². The molecule has 0 heterocycles. The predicted octanol–water partition coefficient (Wildman–Crippen LogP) is 3.96. The third-order valence-corrected chi connectivity index (χ3v) is 8.70. The molecule has 0 saturated heterocycles. The predicted molar refractivity (Wildman–Crippen MR) is 88.7 cm³/mol. The maximum atomic E-state index is 14.4. The van der Waals surface area contributed by atoms with Crippen molar-refractivity contribution in [3.63, 3.8) is 0 Å². The Kier molecular flexibility index (Phi) is 3.23. The van der Waals surface area contributed by atoms with Crippen molar-refractivity contribution in [2.24, 2.45) is 28.6 Å². The third kappa shape index (κ3) is 1.72. The van der Waals surface area contributed by atoms with Gasteiger partial charge in [0.15, 0.2) is 6.17 Å². The van der Waals surface area contributed by atoms with Crippen molar-refractivity contribution in [2.45, 2.75) is 62.8 Å². The molecule has 0 aromatic heterocycles. The normalized spacial score (nSPS) is 56.8. The Labute approximate surface area is 142 Å². The molecule has 4 aliphatic rings. The number of hydrogen-bond donors (Lipinski definition) is 2. The second-order valence-corrected chi connectivity index (χ2v) is 9.27. The van der Waals surface area contributed by atoms with Gasteiger partial charge in [-0.05, 0) is 43.9 Å². The van der Waals surface area contributed by atoms with Crippen LogP contribution in [0.2, 0.25) is 0 Å². The number of alkyl halides is 2. The van der Waals surface area contributed by atoms with Crippen LogP contribution in [-0.2, 0) is 0 Å². The van der Waals surface area contributed by atoms with E-state index in [1.807, 2.05) is 6.92 Å². The van der Waals surface area contributed by atoms with Crippen LogP contribution in [0.1, 0.15) is 46.0 Å². The van der Waals surface area contributed by atoms with Crippen LogP contribution in [0.15, 0.2) is 24.3 Å². The largest absolute Gasteiger partial charge is 0.363 e. The molecular formula is C19H26ClFO2. The number of hydrogen-bond acceptors (Lipinski definition) is 2. The van der Waals surface area contributed by atoms with Crippen molar-refractivity contribution in [3.8, 4) is 0 Å². The lowest BCUT2D eigenvalue weighted by Crippen LogP contribution is -2.62. The standard InChI is InChI=1S/C19H26ClFO2/c1-16-8-4-3-5-12(16)6-7-13-14-11-15(21)19(22,23)17(14,2)9-10-18(13,16)20/h4,6-8,12-15,22-23H,3,5,9-11H2,1-2H3/t12?,13-,14-,15?,16-,17-,18-/m0/s1. The van der Waals surface area contributed by atoms with E-state index in [0.29, 0.717) is 18.8 Å². The van der Waals surface area contributed by atoms with Gasteiger partial charge < -0.3 is 10.2 Å². The van der Waals surface area contributed by atoms with Crippen LogP contribution in [0.3, 0.4) is 0 Å². The van der Waals surface area contributed by atoms with E-state index in [-0.39, 0.29) is 23.7 Å². The van der Waals surface area contributed by atoms with E-state index < -0.39 is 22.2 Å². The van der Waals surface area contributed by atoms with Gasteiger partial charge in [-0.3, -0.25) is 0 Å². The highest BCUT2D eigenvalue weighted by molar-refractivity contribution is 6.25. The van der Waals surface area contributed by atoms with Gasteiger partial charge in [0.1, 0.15) is 0 Å². The summed E-state index contributed by atoms with van der Waals surface area (Å²) in [6, 6.07) is 0. The average Bonchev–Trinajstić information content (AvgIpc) is 2.68. The number of allylic oxidation sites excluding steroid dienone is 4. The zero-order valence-electron chi connectivity index (χ0n) is 13.8. The maximum Gasteiger partial charge on any atom is 0.200 e. The number of halogens is 2. The van der Waals surface area contributed by atoms with Gasteiger partial charge in [-0.1, -0.05) is 38.2 Å². The van der Waals surface area contributed by atoms with Gasteiger partial charge >= 0.3 is 0 Å². The van der Waals surface area contributed by atoms with Crippen LogP contribution in [0, 0.1) is 28.6 Å². The van der Waals surface area contributed by atoms with E-state index in [1.165, 1.54) is 0 Å². The monoisotopic (exact) mass is 340 g/mol. The molecule has 4 rings (SSSR count). The molecule has 23 heavy (non-hydrogen) atoms. The van der Waals surface area contributed by atoms with Crippen molar-refractivity contribution in [2.75, 3.05) is 0 Å². The Bertz CT molecular complexity index is 588. The second-order valence-electron chi connectivity index (χ2n) is 8.60. The zero-order chi connectivity index (χ0) is 16.7. The highest BCUT2D eigenvalue weighted by Crippen LogP contribution is 2.69. The lowest BCUT2D eigenvalue weighted by Gasteiger charge is -2.61. The minimum Gasteiger partial charge on any atom is -0.363 e. The van der Waals surface area contributed by atoms with Gasteiger partial charge in [-0.2, -0.15) is 0 Å². The Morgan fingerprint density at radius 1 is 1.17 bits per heavy atom. The Morgan fingerprint density at radius 2 is 1.91 bits per heavy atom. The summed E-state index contributed by atoms with van der Waals surface area (Å²) in [7, 11) is 0. The van der Waals surface area contributed by atoms with Crippen LogP contribution in [0.4, 0.5) is 4.39 Å². The third-order valence-electron chi connectivity index (χ3n) is 7.85. The Hall–Kier alpha value is -0.380. The summed E-state index contributed by atoms with van der Waals surface area (Å²) < 4.78 is 14.4. The summed E-state index contributed by atoms with van der Waals surface area (Å²) in [5.74, 6) is -1.99. The van der Waals surface area contributed by atoms with Gasteiger partial charge in [-0.15, -0.1) is 11.6 Å². The Morgan fingerprint density at radius 3 is 2.65 bits per heavy atom. The molecule has 0 radical (unpaired) electrons. The lowest BCUT2D eigenvalue weighted by molar-refractivity contribution is -0.265. The first-order valence-corrected chi connectivity index (χ1v) is 9.18. The number of aliphatic hydroxyl groups is 2. The molecule has 2 saturated carbocycles. The number of rotatable bonds is 0. The van der Waals surface area contributed by atoms with E-state index >= 15 is 0 Å². The minimum absolute atomic E-state index is 0.0219. The van der Waals surface area contributed by atoms with Crippen molar-refractivity contribution in [1.29, 1.82) is 0 Å². The molecule has 2 nitrogen and oxygen atoms in total. The fourth-order valence-electron chi connectivity index (χ4n) is 6.06. The van der Waals surface area contributed by atoms with E-state index in [2.05, 4.69) is 31.2 Å². The summed E-state index contributed by atoms with van der Waals surface area (Å²) in [6.45, 7) is 4.05. The summed E-state index contributed by atoms with van der Waals surface area (Å²) in [5.41, 5.74) is -0.975. The molecule has 0 amide bonds. The topological polar surface area (TPSA) is 40.5 Å². The van der Waals surface area contributed by atoms with Gasteiger partial charge in [0.05, 0.1) is 4.87 Å². The molecule has 4 heteroatoms. The second kappa shape index (κ2) is 4.62. The number of fused-ring (bicyclic) bond motifs is 5. The van der Waals surface area contributed by atoms with Crippen molar-refractivity contribution in [3.05, 3.63) is 24.3 Å². The molecule has 0 aromatic carbocycles. The first-order valence-electron chi connectivity index (χ1n) is 8.80. The molecular weight excluding hydrogens is 315 g/mol. The smallest absolute Gasteiger partial charge is 0.200 e. The summed E-state index contributed by atoms with van der Waals surface area (Å²) in [6.07, 6.45) is 10.9. The zero-order valence-corrected chi connectivity index (χ0v) is 14.6. The molecule has 2 N–H and O–H groups in total. The first kappa shape index (κ1) is 16.1. The molecule has 2 fully saturated rings. The molecule has 0 bridgehead atoms. The first-order chi connectivity index (χ1) is 10.7. The highest BCUT2D eigenvalue weighted by Gasteiger charge is 2.71. The molecule has 128 valence electrons. The average molecular weight is 341 g/mol. The summed E-state index contributed by atoms with van der Waals surface area (Å²) in [4.78, 5) is -0.465. The Balaban J connectivity index is 1.81. The molecule has 2 unspecified atom stereocenters. The quantitative estimate of drug-likeness (QED) is 0.398. The summed E-state index contributed by atoms with van der Waals surface area (Å²) in [5, 5.41) is 20.8. The van der Waals surface area contributed by atoms with Gasteiger partial charge in [0.2, 0.25) is 5.79 Å². The highest BCUT2D eigenvalue weighted by atomic mass is 35.5. The van der Waals surface area contributed by atoms with Crippen molar-refractivity contribution >= 4 is 11.6 Å². The minimum atomic E-state index is -2.25. The van der Waals surface area contributed by atoms with Gasteiger partial charge in [0, 0.05) is 16.7 Å². The SMILES string of the molecule is C[C@]12CC[C@]3(Cl)[C@@H](C=CC4CCC=C[C@@]43C)[C@@H]1CC(F)C2(O)O. The molecule has 4 aliphatic carbocycles. The maximum absolute atomic E-state index is 14.4. The molecule has 0 aromatic rings. The molecule has 0 aliphatic heterocycles. The van der Waals surface area contributed by atoms with E-state index in [0.717, 1.165) is 12.8 Å². The fourth-order valence-corrected chi connectivity index (χ4v) is 6.58. The van der Waals surface area contributed by atoms with Crippen LogP contribution in [0.25, 0.3) is 0 Å². The van der Waals surface area contributed by atoms with E-state index in [9.17, 15) is 14.6 Å². The molecule has 0 spiro atoms. The van der Waals surface area contributed by atoms with Crippen LogP contribution in [-0.4, -0.2) is 27.0 Å². The lowest BCUT2D eigenvalue weighted by atomic mass is 9.48.